The number of hydrogen-bond acceptors (Lipinski definition) is 4. The van der Waals surface area contributed by atoms with E-state index < -0.39 is 10.1 Å². The fourth-order valence-corrected chi connectivity index (χ4v) is 1.49. The second-order valence-corrected chi connectivity index (χ2v) is 5.13. The van der Waals surface area contributed by atoms with E-state index in [4.69, 9.17) is 13.0 Å². The molecule has 1 aromatic heterocycles. The van der Waals surface area contributed by atoms with E-state index in [1.165, 1.54) is 0 Å². The van der Waals surface area contributed by atoms with Gasteiger partial charge in [-0.15, -0.1) is 0 Å². The first-order valence-electron chi connectivity index (χ1n) is 5.06. The van der Waals surface area contributed by atoms with Crippen molar-refractivity contribution in [3.05, 3.63) is 42.1 Å². The van der Waals surface area contributed by atoms with E-state index in [1.54, 1.807) is 0 Å². The number of para-hydroxylation sites is 1. The van der Waals surface area contributed by atoms with Crippen LogP contribution in [0.15, 0.2) is 36.5 Å². The van der Waals surface area contributed by atoms with Crippen LogP contribution in [-0.4, -0.2) is 25.5 Å². The number of fused-ring (bicyclic) bond motifs is 1. The first-order valence-corrected chi connectivity index (χ1v) is 6.88. The first kappa shape index (κ1) is 14.3. The second kappa shape index (κ2) is 5.70. The molecule has 2 rings (SSSR count). The molecular formula is C12H13NO4S. The third-order valence-corrected chi connectivity index (χ3v) is 2.20. The number of aldehydes is 1. The summed E-state index contributed by atoms with van der Waals surface area (Å²) >= 11 is 0. The van der Waals surface area contributed by atoms with Crippen LogP contribution < -0.4 is 4.57 Å². The van der Waals surface area contributed by atoms with Crippen LogP contribution >= 0.6 is 0 Å². The van der Waals surface area contributed by atoms with Crippen molar-refractivity contribution in [1.29, 1.82) is 0 Å². The van der Waals surface area contributed by atoms with Gasteiger partial charge in [0.2, 0.25) is 5.52 Å². The number of nitrogens with zero attached hydrogens (tertiary/aromatic N) is 1. The van der Waals surface area contributed by atoms with E-state index in [0.717, 1.165) is 22.8 Å². The highest BCUT2D eigenvalue weighted by Gasteiger charge is 2.06. The van der Waals surface area contributed by atoms with Gasteiger partial charge in [-0.3, -0.25) is 4.79 Å². The van der Waals surface area contributed by atoms with Gasteiger partial charge >= 0.3 is 0 Å². The number of hydrogen-bond donors (Lipinski definition) is 0. The van der Waals surface area contributed by atoms with Gasteiger partial charge in [0.15, 0.2) is 12.5 Å². The summed E-state index contributed by atoms with van der Waals surface area (Å²) in [7, 11) is -1.95. The lowest BCUT2D eigenvalue weighted by Crippen LogP contribution is -2.28. The predicted octanol–water partition coefficient (Wildman–Crippen LogP) is 0.638. The summed E-state index contributed by atoms with van der Waals surface area (Å²) in [6.07, 6.45) is 3.39. The van der Waals surface area contributed by atoms with Crippen LogP contribution in [0.2, 0.25) is 0 Å². The minimum Gasteiger partial charge on any atom is -0.748 e. The summed E-state index contributed by atoms with van der Waals surface area (Å²) in [4.78, 5) is 10.7. The van der Waals surface area contributed by atoms with Crippen LogP contribution in [0, 0.1) is 0 Å². The molecule has 0 amide bonds. The van der Waals surface area contributed by atoms with E-state index in [9.17, 15) is 4.79 Å². The first-order chi connectivity index (χ1) is 8.33. The maximum atomic E-state index is 10.7. The number of benzene rings is 1. The van der Waals surface area contributed by atoms with E-state index in [-0.39, 0.29) is 0 Å². The third-order valence-electron chi connectivity index (χ3n) is 2.20. The molecule has 5 nitrogen and oxygen atoms in total. The fraction of sp³-hybridized carbons (Fsp3) is 0.167. The Morgan fingerprint density at radius 3 is 2.33 bits per heavy atom. The number of aromatic nitrogens is 1. The highest BCUT2D eigenvalue weighted by molar-refractivity contribution is 7.84. The maximum Gasteiger partial charge on any atom is 0.212 e. The molecule has 0 N–H and O–H groups in total. The lowest BCUT2D eigenvalue weighted by atomic mass is 10.1. The van der Waals surface area contributed by atoms with Crippen LogP contribution in [-0.2, 0) is 17.2 Å². The largest absolute Gasteiger partial charge is 0.748 e. The zero-order chi connectivity index (χ0) is 13.8. The summed E-state index contributed by atoms with van der Waals surface area (Å²) in [6.45, 7) is 0. The van der Waals surface area contributed by atoms with Gasteiger partial charge in [-0.05, 0) is 6.07 Å². The van der Waals surface area contributed by atoms with E-state index in [1.807, 2.05) is 48.1 Å². The molecule has 6 heteroatoms. The molecule has 0 spiro atoms. The molecule has 0 aliphatic rings. The van der Waals surface area contributed by atoms with Gasteiger partial charge in [-0.2, -0.15) is 0 Å². The maximum absolute atomic E-state index is 10.7. The third kappa shape index (κ3) is 4.23. The molecule has 0 aliphatic carbocycles. The van der Waals surface area contributed by atoms with Crippen molar-refractivity contribution in [3.8, 4) is 0 Å². The van der Waals surface area contributed by atoms with Crippen LogP contribution in [0.5, 0.6) is 0 Å². The summed E-state index contributed by atoms with van der Waals surface area (Å²) in [5, 5.41) is 1.00. The van der Waals surface area contributed by atoms with Crippen molar-refractivity contribution in [2.75, 3.05) is 6.26 Å². The van der Waals surface area contributed by atoms with Gasteiger partial charge in [0.25, 0.3) is 0 Å². The number of rotatable bonds is 1. The van der Waals surface area contributed by atoms with Crippen molar-refractivity contribution >= 4 is 27.3 Å². The molecule has 0 atom stereocenters. The molecule has 1 aromatic carbocycles. The van der Waals surface area contributed by atoms with Gasteiger partial charge < -0.3 is 4.55 Å². The lowest BCUT2D eigenvalue weighted by Gasteiger charge is -1.97. The highest BCUT2D eigenvalue weighted by atomic mass is 32.2. The molecule has 0 aliphatic heterocycles. The van der Waals surface area contributed by atoms with E-state index >= 15 is 0 Å². The molecule has 0 bridgehead atoms. The highest BCUT2D eigenvalue weighted by Crippen LogP contribution is 2.12. The SMILES string of the molecule is CS(=O)(=O)[O-].C[n+]1ccc(C=O)c2ccccc21. The number of carbonyl (C=O) groups excluding carboxylic acids is 1. The normalized spacial score (nSPS) is 10.6. The van der Waals surface area contributed by atoms with Crippen molar-refractivity contribution in [1.82, 2.24) is 0 Å². The zero-order valence-corrected chi connectivity index (χ0v) is 10.8. The Kier molecular flexibility index (Phi) is 4.52. The number of carbonyl (C=O) groups is 1. The zero-order valence-electron chi connectivity index (χ0n) is 10.0. The number of aryl methyl sites for hydroxylation is 1. The van der Waals surface area contributed by atoms with Crippen LogP contribution in [0.1, 0.15) is 10.4 Å². The molecule has 1 heterocycles. The molecule has 0 radical (unpaired) electrons. The monoisotopic (exact) mass is 267 g/mol. The minimum atomic E-state index is -3.92. The Bertz CT molecular complexity index is 657. The molecule has 18 heavy (non-hydrogen) atoms. The van der Waals surface area contributed by atoms with Crippen molar-refractivity contribution in [2.45, 2.75) is 0 Å². The van der Waals surface area contributed by atoms with Gasteiger partial charge in [0.05, 0.1) is 15.5 Å². The Hall–Kier alpha value is -1.79. The average molecular weight is 267 g/mol. The van der Waals surface area contributed by atoms with Gasteiger partial charge in [-0.1, -0.05) is 12.1 Å². The molecule has 0 saturated heterocycles. The van der Waals surface area contributed by atoms with Crippen LogP contribution in [0.4, 0.5) is 0 Å². The average Bonchev–Trinajstić information content (AvgIpc) is 2.28. The Balaban J connectivity index is 0.000000280. The summed E-state index contributed by atoms with van der Waals surface area (Å²) in [5.41, 5.74) is 1.82. The van der Waals surface area contributed by atoms with Crippen molar-refractivity contribution in [2.24, 2.45) is 7.05 Å². The molecular weight excluding hydrogens is 254 g/mol. The fourth-order valence-electron chi connectivity index (χ4n) is 1.49. The lowest BCUT2D eigenvalue weighted by molar-refractivity contribution is -0.644. The van der Waals surface area contributed by atoms with Gasteiger partial charge in [0, 0.05) is 24.0 Å². The molecule has 2 aromatic rings. The van der Waals surface area contributed by atoms with Crippen molar-refractivity contribution in [3.63, 3.8) is 0 Å². The van der Waals surface area contributed by atoms with Crippen LogP contribution in [0.3, 0.4) is 0 Å². The standard InChI is InChI=1S/C11H10NO.CH4O3S/c1-12-7-6-9(8-13)10-4-2-3-5-11(10)12;1-5(2,3)4/h2-8H,1H3;1H3,(H,2,3,4)/q+1;/p-1. The molecule has 0 fully saturated rings. The minimum absolute atomic E-state index is 0.604. The summed E-state index contributed by atoms with van der Waals surface area (Å²) < 4.78 is 29.2. The quantitative estimate of drug-likeness (QED) is 0.431. The Morgan fingerprint density at radius 2 is 1.78 bits per heavy atom. The topological polar surface area (TPSA) is 78.2 Å². The Labute approximate surface area is 105 Å². The van der Waals surface area contributed by atoms with Gasteiger partial charge in [0.1, 0.15) is 7.05 Å². The van der Waals surface area contributed by atoms with E-state index in [2.05, 4.69) is 0 Å². The summed E-state index contributed by atoms with van der Waals surface area (Å²) in [5.74, 6) is 0. The van der Waals surface area contributed by atoms with Crippen molar-refractivity contribution < 1.29 is 22.3 Å². The number of pyridine rings is 1. The predicted molar refractivity (Wildman–Crippen MR) is 66.1 cm³/mol. The Morgan fingerprint density at radius 1 is 1.22 bits per heavy atom. The molecule has 0 unspecified atom stereocenters. The molecule has 0 saturated carbocycles. The van der Waals surface area contributed by atoms with Gasteiger partial charge in [-0.25, -0.2) is 13.0 Å². The molecule has 96 valence electrons. The van der Waals surface area contributed by atoms with E-state index in [0.29, 0.717) is 6.26 Å². The smallest absolute Gasteiger partial charge is 0.212 e. The second-order valence-electron chi connectivity index (χ2n) is 3.72. The summed E-state index contributed by atoms with van der Waals surface area (Å²) in [6, 6.07) is 9.70. The van der Waals surface area contributed by atoms with Crippen LogP contribution in [0.25, 0.3) is 10.9 Å².